The van der Waals surface area contributed by atoms with E-state index in [0.29, 0.717) is 6.04 Å². The first kappa shape index (κ1) is 10.2. The van der Waals surface area contributed by atoms with E-state index in [1.165, 1.54) is 19.3 Å². The monoisotopic (exact) mass is 208 g/mol. The highest BCUT2D eigenvalue weighted by Gasteiger charge is 2.22. The summed E-state index contributed by atoms with van der Waals surface area (Å²) in [5.74, 6) is -0.729. The molecular formula is C11H16N2O2. The van der Waals surface area contributed by atoms with Crippen molar-refractivity contribution < 1.29 is 9.90 Å². The van der Waals surface area contributed by atoms with Crippen LogP contribution in [0.1, 0.15) is 54.5 Å². The van der Waals surface area contributed by atoms with E-state index in [1.54, 1.807) is 6.20 Å². The van der Waals surface area contributed by atoms with Crippen LogP contribution in [0.4, 0.5) is 0 Å². The first-order valence-corrected chi connectivity index (χ1v) is 5.47. The van der Waals surface area contributed by atoms with Crippen LogP contribution in [0.3, 0.4) is 0 Å². The molecule has 1 aromatic rings. The van der Waals surface area contributed by atoms with E-state index in [-0.39, 0.29) is 5.82 Å². The second-order valence-electron chi connectivity index (χ2n) is 4.19. The molecule has 0 bridgehead atoms. The van der Waals surface area contributed by atoms with Crippen LogP contribution in [0.25, 0.3) is 0 Å². The van der Waals surface area contributed by atoms with E-state index in [2.05, 4.69) is 4.98 Å². The van der Waals surface area contributed by atoms with Gasteiger partial charge in [0.1, 0.15) is 0 Å². The predicted octanol–water partition coefficient (Wildman–Crippen LogP) is 2.39. The molecule has 0 aromatic carbocycles. The van der Waals surface area contributed by atoms with E-state index in [0.717, 1.165) is 18.5 Å². The summed E-state index contributed by atoms with van der Waals surface area (Å²) < 4.78 is 1.89. The predicted molar refractivity (Wildman–Crippen MR) is 56.0 cm³/mol. The Morgan fingerprint density at radius 2 is 2.13 bits per heavy atom. The minimum absolute atomic E-state index is 0.194. The fraction of sp³-hybridized carbons (Fsp3) is 0.636. The van der Waals surface area contributed by atoms with Gasteiger partial charge in [0, 0.05) is 17.9 Å². The summed E-state index contributed by atoms with van der Waals surface area (Å²) in [6.45, 7) is 1.92. The molecule has 0 atom stereocenters. The Balaban J connectivity index is 2.32. The lowest BCUT2D eigenvalue weighted by Gasteiger charge is -2.25. The second-order valence-corrected chi connectivity index (χ2v) is 4.19. The van der Waals surface area contributed by atoms with E-state index in [1.807, 2.05) is 11.5 Å². The largest absolute Gasteiger partial charge is 0.475 e. The summed E-state index contributed by atoms with van der Waals surface area (Å²) in [7, 11) is 0. The van der Waals surface area contributed by atoms with Crippen molar-refractivity contribution in [2.24, 2.45) is 0 Å². The Hall–Kier alpha value is -1.32. The summed E-state index contributed by atoms with van der Waals surface area (Å²) in [5.41, 5.74) is 0.958. The van der Waals surface area contributed by atoms with Gasteiger partial charge in [0.25, 0.3) is 0 Å². The fourth-order valence-electron chi connectivity index (χ4n) is 2.40. The highest BCUT2D eigenvalue weighted by Crippen LogP contribution is 2.30. The number of hydrogen-bond acceptors (Lipinski definition) is 2. The van der Waals surface area contributed by atoms with Crippen molar-refractivity contribution in [2.45, 2.75) is 45.1 Å². The molecule has 0 spiro atoms. The normalized spacial score (nSPS) is 17.9. The maximum atomic E-state index is 11.0. The number of carboxylic acids is 1. The zero-order chi connectivity index (χ0) is 10.8. The summed E-state index contributed by atoms with van der Waals surface area (Å²) in [5, 5.41) is 9.03. The van der Waals surface area contributed by atoms with Crippen LogP contribution < -0.4 is 0 Å². The number of imidazole rings is 1. The number of aromatic nitrogens is 2. The second kappa shape index (κ2) is 4.04. The number of nitrogens with zero attached hydrogens (tertiary/aromatic N) is 2. The highest BCUT2D eigenvalue weighted by atomic mass is 16.4. The molecule has 0 unspecified atom stereocenters. The molecule has 1 fully saturated rings. The minimum Gasteiger partial charge on any atom is -0.475 e. The molecule has 1 saturated carbocycles. The third kappa shape index (κ3) is 1.89. The van der Waals surface area contributed by atoms with E-state index < -0.39 is 5.97 Å². The number of carbonyl (C=O) groups is 1. The van der Waals surface area contributed by atoms with Gasteiger partial charge in [0.05, 0.1) is 0 Å². The third-order valence-corrected chi connectivity index (χ3v) is 3.11. The quantitative estimate of drug-likeness (QED) is 0.811. The van der Waals surface area contributed by atoms with Gasteiger partial charge in [-0.15, -0.1) is 0 Å². The van der Waals surface area contributed by atoms with E-state index >= 15 is 0 Å². The average Bonchev–Trinajstić information content (AvgIpc) is 2.61. The Kier molecular flexibility index (Phi) is 2.75. The molecule has 4 nitrogen and oxygen atoms in total. The van der Waals surface area contributed by atoms with Gasteiger partial charge in [-0.2, -0.15) is 0 Å². The molecule has 2 rings (SSSR count). The molecule has 1 N–H and O–H groups in total. The smallest absolute Gasteiger partial charge is 0.372 e. The lowest BCUT2D eigenvalue weighted by atomic mass is 9.95. The molecule has 4 heteroatoms. The Morgan fingerprint density at radius 3 is 2.73 bits per heavy atom. The van der Waals surface area contributed by atoms with Crippen LogP contribution in [0.5, 0.6) is 0 Å². The van der Waals surface area contributed by atoms with Gasteiger partial charge in [-0.05, 0) is 19.8 Å². The van der Waals surface area contributed by atoms with Crippen LogP contribution in [0, 0.1) is 6.92 Å². The lowest BCUT2D eigenvalue weighted by Crippen LogP contribution is -2.19. The van der Waals surface area contributed by atoms with Crippen molar-refractivity contribution in [1.29, 1.82) is 0 Å². The first-order valence-electron chi connectivity index (χ1n) is 5.47. The van der Waals surface area contributed by atoms with Gasteiger partial charge in [0.2, 0.25) is 5.82 Å². The topological polar surface area (TPSA) is 55.1 Å². The number of carboxylic acid groups (broad SMARTS) is 1. The van der Waals surface area contributed by atoms with Gasteiger partial charge in [-0.25, -0.2) is 9.78 Å². The molecule has 0 amide bonds. The lowest BCUT2D eigenvalue weighted by molar-refractivity contribution is 0.0673. The van der Waals surface area contributed by atoms with Crippen molar-refractivity contribution in [3.8, 4) is 0 Å². The van der Waals surface area contributed by atoms with Gasteiger partial charge in [-0.3, -0.25) is 0 Å². The van der Waals surface area contributed by atoms with Crippen molar-refractivity contribution in [1.82, 2.24) is 9.55 Å². The summed E-state index contributed by atoms with van der Waals surface area (Å²) in [4.78, 5) is 14.9. The van der Waals surface area contributed by atoms with Gasteiger partial charge < -0.3 is 9.67 Å². The molecule has 0 aliphatic heterocycles. The molecule has 0 radical (unpaired) electrons. The Morgan fingerprint density at radius 1 is 1.47 bits per heavy atom. The van der Waals surface area contributed by atoms with Crippen LogP contribution in [0.15, 0.2) is 6.20 Å². The summed E-state index contributed by atoms with van der Waals surface area (Å²) in [6.07, 6.45) is 7.47. The Labute approximate surface area is 88.9 Å². The highest BCUT2D eigenvalue weighted by molar-refractivity contribution is 5.83. The zero-order valence-electron chi connectivity index (χ0n) is 8.94. The summed E-state index contributed by atoms with van der Waals surface area (Å²) in [6, 6.07) is 0.340. The molecule has 1 aromatic heterocycles. The molecule has 0 saturated heterocycles. The molecule has 15 heavy (non-hydrogen) atoms. The fourth-order valence-corrected chi connectivity index (χ4v) is 2.40. The van der Waals surface area contributed by atoms with Crippen molar-refractivity contribution in [3.05, 3.63) is 17.7 Å². The molecule has 1 heterocycles. The maximum Gasteiger partial charge on any atom is 0.372 e. The van der Waals surface area contributed by atoms with Crippen LogP contribution >= 0.6 is 0 Å². The van der Waals surface area contributed by atoms with E-state index in [4.69, 9.17) is 5.11 Å². The van der Waals surface area contributed by atoms with Crippen LogP contribution in [-0.2, 0) is 0 Å². The third-order valence-electron chi connectivity index (χ3n) is 3.11. The average molecular weight is 208 g/mol. The van der Waals surface area contributed by atoms with E-state index in [9.17, 15) is 4.79 Å². The van der Waals surface area contributed by atoms with Gasteiger partial charge in [0.15, 0.2) is 0 Å². The number of aromatic carboxylic acids is 1. The summed E-state index contributed by atoms with van der Waals surface area (Å²) >= 11 is 0. The van der Waals surface area contributed by atoms with Gasteiger partial charge in [-0.1, -0.05) is 19.3 Å². The molecule has 82 valence electrons. The van der Waals surface area contributed by atoms with Gasteiger partial charge >= 0.3 is 5.97 Å². The van der Waals surface area contributed by atoms with Crippen molar-refractivity contribution in [3.63, 3.8) is 0 Å². The zero-order valence-corrected chi connectivity index (χ0v) is 8.94. The maximum absolute atomic E-state index is 11.0. The standard InChI is InChI=1S/C11H16N2O2/c1-8-7-12-10(11(14)15)13(8)9-5-3-2-4-6-9/h7,9H,2-6H2,1H3,(H,14,15). The SMILES string of the molecule is Cc1cnc(C(=O)O)n1C1CCCCC1. The van der Waals surface area contributed by atoms with Crippen molar-refractivity contribution in [2.75, 3.05) is 0 Å². The van der Waals surface area contributed by atoms with Crippen molar-refractivity contribution >= 4 is 5.97 Å². The number of hydrogen-bond donors (Lipinski definition) is 1. The molecule has 1 aliphatic carbocycles. The number of rotatable bonds is 2. The molecule has 1 aliphatic rings. The first-order chi connectivity index (χ1) is 7.20. The Bertz CT molecular complexity index is 365. The molecular weight excluding hydrogens is 192 g/mol. The van der Waals surface area contributed by atoms with Crippen LogP contribution in [0.2, 0.25) is 0 Å². The number of aryl methyl sites for hydroxylation is 1. The minimum atomic E-state index is -0.923. The van der Waals surface area contributed by atoms with Crippen LogP contribution in [-0.4, -0.2) is 20.6 Å².